The predicted molar refractivity (Wildman–Crippen MR) is 71.8 cm³/mol. The van der Waals surface area contributed by atoms with Gasteiger partial charge in [0.25, 0.3) is 5.91 Å². The Morgan fingerprint density at radius 1 is 1.20 bits per heavy atom. The molecule has 0 spiro atoms. The number of hydrogen-bond donors (Lipinski definition) is 1. The van der Waals surface area contributed by atoms with Gasteiger partial charge in [-0.15, -0.1) is 0 Å². The maximum absolute atomic E-state index is 13.6. The molecule has 5 heteroatoms. The molecule has 0 unspecified atom stereocenters. The lowest BCUT2D eigenvalue weighted by Gasteiger charge is -2.21. The smallest absolute Gasteiger partial charge is 0.261 e. The van der Waals surface area contributed by atoms with Crippen LogP contribution in [-0.2, 0) is 0 Å². The Hall–Kier alpha value is -2.43. The second-order valence-corrected chi connectivity index (χ2v) is 4.19. The van der Waals surface area contributed by atoms with Crippen LogP contribution in [-0.4, -0.2) is 17.6 Å². The van der Waals surface area contributed by atoms with Crippen molar-refractivity contribution >= 4 is 11.6 Å². The highest BCUT2D eigenvalue weighted by Gasteiger charge is 2.20. The number of phenols is 1. The largest absolute Gasteiger partial charge is 0.508 e. The minimum Gasteiger partial charge on any atom is -0.508 e. The first-order valence-corrected chi connectivity index (χ1v) is 6.09. The van der Waals surface area contributed by atoms with Crippen LogP contribution in [0, 0.1) is 11.6 Å². The number of hydrogen-bond acceptors (Lipinski definition) is 2. The minimum atomic E-state index is -0.782. The molecule has 2 rings (SSSR count). The highest BCUT2D eigenvalue weighted by atomic mass is 19.1. The first kappa shape index (κ1) is 14.0. The number of phenolic OH excluding ortho intramolecular Hbond substituents is 1. The van der Waals surface area contributed by atoms with Gasteiger partial charge < -0.3 is 10.0 Å². The van der Waals surface area contributed by atoms with Crippen LogP contribution >= 0.6 is 0 Å². The molecule has 0 atom stereocenters. The molecule has 0 bridgehead atoms. The van der Waals surface area contributed by atoms with Crippen LogP contribution in [0.2, 0.25) is 0 Å². The second-order valence-electron chi connectivity index (χ2n) is 4.19. The molecule has 2 aromatic rings. The quantitative estimate of drug-likeness (QED) is 0.934. The van der Waals surface area contributed by atoms with Crippen LogP contribution < -0.4 is 4.90 Å². The number of amides is 1. The van der Waals surface area contributed by atoms with Crippen LogP contribution in [0.5, 0.6) is 5.75 Å². The highest BCUT2D eigenvalue weighted by molar-refractivity contribution is 6.06. The van der Waals surface area contributed by atoms with Crippen molar-refractivity contribution in [2.45, 2.75) is 6.92 Å². The fourth-order valence-corrected chi connectivity index (χ4v) is 1.91. The van der Waals surface area contributed by atoms with Crippen molar-refractivity contribution in [3.63, 3.8) is 0 Å². The van der Waals surface area contributed by atoms with Gasteiger partial charge in [-0.25, -0.2) is 8.78 Å². The van der Waals surface area contributed by atoms with Crippen molar-refractivity contribution in [1.82, 2.24) is 0 Å². The van der Waals surface area contributed by atoms with Crippen molar-refractivity contribution < 1.29 is 18.7 Å². The lowest BCUT2D eigenvalue weighted by Crippen LogP contribution is -2.31. The van der Waals surface area contributed by atoms with Crippen molar-refractivity contribution in [2.24, 2.45) is 0 Å². The third kappa shape index (κ3) is 2.77. The minimum absolute atomic E-state index is 0.00605. The van der Waals surface area contributed by atoms with Crippen LogP contribution in [0.3, 0.4) is 0 Å². The fourth-order valence-electron chi connectivity index (χ4n) is 1.91. The average Bonchev–Trinajstić information content (AvgIpc) is 2.42. The standard InChI is InChI=1S/C15H13F2NO2/c1-2-18(11-4-3-5-12(19)9-11)15(20)13-8-10(16)6-7-14(13)17/h3-9,19H,2H2,1H3. The third-order valence-electron chi connectivity index (χ3n) is 2.86. The summed E-state index contributed by atoms with van der Waals surface area (Å²) >= 11 is 0. The van der Waals surface area contributed by atoms with Crippen molar-refractivity contribution in [3.05, 3.63) is 59.7 Å². The molecular weight excluding hydrogens is 264 g/mol. The van der Waals surface area contributed by atoms with E-state index in [-0.39, 0.29) is 17.9 Å². The van der Waals surface area contributed by atoms with E-state index in [0.717, 1.165) is 18.2 Å². The molecule has 0 aromatic heterocycles. The zero-order chi connectivity index (χ0) is 14.7. The normalized spacial score (nSPS) is 10.3. The van der Waals surface area contributed by atoms with Crippen LogP contribution in [0.1, 0.15) is 17.3 Å². The molecule has 0 saturated carbocycles. The maximum Gasteiger partial charge on any atom is 0.261 e. The fraction of sp³-hybridized carbons (Fsp3) is 0.133. The molecule has 0 aliphatic carbocycles. The van der Waals surface area contributed by atoms with Gasteiger partial charge in [-0.3, -0.25) is 4.79 Å². The number of anilines is 1. The zero-order valence-electron chi connectivity index (χ0n) is 10.8. The molecule has 20 heavy (non-hydrogen) atoms. The molecule has 0 saturated heterocycles. The number of halogens is 2. The van der Waals surface area contributed by atoms with Crippen LogP contribution in [0.4, 0.5) is 14.5 Å². The summed E-state index contributed by atoms with van der Waals surface area (Å²) < 4.78 is 26.8. The summed E-state index contributed by atoms with van der Waals surface area (Å²) in [5.41, 5.74) is 0.0800. The summed E-state index contributed by atoms with van der Waals surface area (Å²) in [6, 6.07) is 8.77. The van der Waals surface area contributed by atoms with E-state index < -0.39 is 17.5 Å². The Kier molecular flexibility index (Phi) is 3.98. The van der Waals surface area contributed by atoms with Gasteiger partial charge in [-0.05, 0) is 37.3 Å². The molecule has 0 heterocycles. The summed E-state index contributed by atoms with van der Waals surface area (Å²) in [5, 5.41) is 9.44. The van der Waals surface area contributed by atoms with Gasteiger partial charge in [0.2, 0.25) is 0 Å². The highest BCUT2D eigenvalue weighted by Crippen LogP contribution is 2.22. The van der Waals surface area contributed by atoms with Gasteiger partial charge >= 0.3 is 0 Å². The first-order valence-electron chi connectivity index (χ1n) is 6.09. The average molecular weight is 277 g/mol. The lowest BCUT2D eigenvalue weighted by molar-refractivity contribution is 0.0984. The zero-order valence-corrected chi connectivity index (χ0v) is 10.8. The van der Waals surface area contributed by atoms with Gasteiger partial charge in [0.05, 0.1) is 5.56 Å². The third-order valence-corrected chi connectivity index (χ3v) is 2.86. The van der Waals surface area contributed by atoms with E-state index in [1.54, 1.807) is 19.1 Å². The van der Waals surface area contributed by atoms with Crippen LogP contribution in [0.25, 0.3) is 0 Å². The van der Waals surface area contributed by atoms with Crippen molar-refractivity contribution in [3.8, 4) is 5.75 Å². The number of aromatic hydroxyl groups is 1. The number of benzene rings is 2. The first-order chi connectivity index (χ1) is 9.52. The molecule has 1 N–H and O–H groups in total. The number of carbonyl (C=O) groups is 1. The summed E-state index contributed by atoms with van der Waals surface area (Å²) in [4.78, 5) is 13.6. The molecule has 3 nitrogen and oxygen atoms in total. The van der Waals surface area contributed by atoms with E-state index >= 15 is 0 Å². The van der Waals surface area contributed by atoms with Gasteiger partial charge in [-0.2, -0.15) is 0 Å². The Bertz CT molecular complexity index is 644. The number of rotatable bonds is 3. The van der Waals surface area contributed by atoms with Gasteiger partial charge in [-0.1, -0.05) is 6.07 Å². The van der Waals surface area contributed by atoms with E-state index in [0.29, 0.717) is 5.69 Å². The van der Waals surface area contributed by atoms with Crippen molar-refractivity contribution in [1.29, 1.82) is 0 Å². The number of nitrogens with zero attached hydrogens (tertiary/aromatic N) is 1. The van der Waals surface area contributed by atoms with Crippen molar-refractivity contribution in [2.75, 3.05) is 11.4 Å². The SMILES string of the molecule is CCN(C(=O)c1cc(F)ccc1F)c1cccc(O)c1. The van der Waals surface area contributed by atoms with Gasteiger partial charge in [0.1, 0.15) is 17.4 Å². The Morgan fingerprint density at radius 2 is 1.95 bits per heavy atom. The molecule has 2 aromatic carbocycles. The molecule has 0 fully saturated rings. The Balaban J connectivity index is 2.41. The predicted octanol–water partition coefficient (Wildman–Crippen LogP) is 3.34. The van der Waals surface area contributed by atoms with E-state index in [4.69, 9.17) is 0 Å². The lowest BCUT2D eigenvalue weighted by atomic mass is 10.1. The van der Waals surface area contributed by atoms with Gasteiger partial charge in [0.15, 0.2) is 0 Å². The monoisotopic (exact) mass is 277 g/mol. The van der Waals surface area contributed by atoms with E-state index in [2.05, 4.69) is 0 Å². The molecule has 104 valence electrons. The molecule has 0 aliphatic heterocycles. The summed E-state index contributed by atoms with van der Waals surface area (Å²) in [5.74, 6) is -2.12. The summed E-state index contributed by atoms with van der Waals surface area (Å²) in [6.45, 7) is 1.97. The van der Waals surface area contributed by atoms with E-state index in [9.17, 15) is 18.7 Å². The Morgan fingerprint density at radius 3 is 2.60 bits per heavy atom. The second kappa shape index (κ2) is 5.69. The molecular formula is C15H13F2NO2. The maximum atomic E-state index is 13.6. The number of carbonyl (C=O) groups excluding carboxylic acids is 1. The van der Waals surface area contributed by atoms with Gasteiger partial charge in [0, 0.05) is 18.3 Å². The summed E-state index contributed by atoms with van der Waals surface area (Å²) in [7, 11) is 0. The molecule has 0 radical (unpaired) electrons. The van der Waals surface area contributed by atoms with E-state index in [1.165, 1.54) is 17.0 Å². The Labute approximate surface area is 115 Å². The topological polar surface area (TPSA) is 40.5 Å². The molecule has 1 amide bonds. The van der Waals surface area contributed by atoms with E-state index in [1.807, 2.05) is 0 Å². The van der Waals surface area contributed by atoms with Crippen LogP contribution in [0.15, 0.2) is 42.5 Å². The summed E-state index contributed by atoms with van der Waals surface area (Å²) in [6.07, 6.45) is 0. The molecule has 0 aliphatic rings.